The average Bonchev–Trinajstić information content (AvgIpc) is 2.72. The second-order valence-electron chi connectivity index (χ2n) is 4.33. The predicted octanol–water partition coefficient (Wildman–Crippen LogP) is 1.47. The summed E-state index contributed by atoms with van der Waals surface area (Å²) in [6, 6.07) is 0.415. The first-order chi connectivity index (χ1) is 7.08. The van der Waals surface area contributed by atoms with Gasteiger partial charge in [0.25, 0.3) is 0 Å². The van der Waals surface area contributed by atoms with Gasteiger partial charge < -0.3 is 10.1 Å². The molecule has 0 aromatic carbocycles. The highest BCUT2D eigenvalue weighted by Gasteiger charge is 2.50. The summed E-state index contributed by atoms with van der Waals surface area (Å²) in [5, 5.41) is 3.17. The van der Waals surface area contributed by atoms with E-state index in [0.717, 1.165) is 12.8 Å². The van der Waals surface area contributed by atoms with E-state index in [1.54, 1.807) is 0 Å². The molecule has 1 atom stereocenters. The monoisotopic (exact) mass is 219 g/mol. The number of ether oxygens (including phenoxy) is 1. The Kier molecular flexibility index (Phi) is 2.91. The Hall–Kier alpha value is -0.710. The quantitative estimate of drug-likeness (QED) is 0.730. The highest BCUT2D eigenvalue weighted by atomic mass is 19.3. The molecule has 1 aliphatic carbocycles. The van der Waals surface area contributed by atoms with E-state index >= 15 is 0 Å². The fourth-order valence-electron chi connectivity index (χ4n) is 2.19. The van der Waals surface area contributed by atoms with E-state index < -0.39 is 24.4 Å². The molecular weight excluding hydrogens is 204 g/mol. The summed E-state index contributed by atoms with van der Waals surface area (Å²) in [5.41, 5.74) is 0. The molecule has 0 amide bonds. The fourth-order valence-corrected chi connectivity index (χ4v) is 2.19. The first-order valence-electron chi connectivity index (χ1n) is 5.40. The van der Waals surface area contributed by atoms with Crippen LogP contribution in [0.5, 0.6) is 0 Å². The largest absolute Gasteiger partial charge is 0.456 e. The van der Waals surface area contributed by atoms with E-state index in [-0.39, 0.29) is 0 Å². The van der Waals surface area contributed by atoms with Gasteiger partial charge in [-0.2, -0.15) is 8.78 Å². The molecule has 86 valence electrons. The van der Waals surface area contributed by atoms with Crippen LogP contribution in [-0.4, -0.2) is 30.6 Å². The molecule has 1 N–H and O–H groups in total. The summed E-state index contributed by atoms with van der Waals surface area (Å²) in [4.78, 5) is 10.7. The van der Waals surface area contributed by atoms with E-state index in [9.17, 15) is 13.6 Å². The molecule has 5 heteroatoms. The molecule has 0 aromatic heterocycles. The summed E-state index contributed by atoms with van der Waals surface area (Å²) in [7, 11) is 0. The van der Waals surface area contributed by atoms with Gasteiger partial charge in [0.2, 0.25) is 0 Å². The summed E-state index contributed by atoms with van der Waals surface area (Å²) in [5.74, 6) is -4.65. The van der Waals surface area contributed by atoms with Crippen LogP contribution in [-0.2, 0) is 9.53 Å². The van der Waals surface area contributed by atoms with Crippen LogP contribution in [0, 0.1) is 0 Å². The lowest BCUT2D eigenvalue weighted by Crippen LogP contribution is -2.34. The van der Waals surface area contributed by atoms with Gasteiger partial charge in [-0.1, -0.05) is 12.8 Å². The minimum Gasteiger partial charge on any atom is -0.456 e. The standard InChI is InChI=1S/C10H15F2NO2/c11-10(12)5-8(15-9(10)14)6-13-7-3-1-2-4-7/h7-8,13H,1-6H2. The third-order valence-electron chi connectivity index (χ3n) is 3.05. The SMILES string of the molecule is O=C1OC(CNC2CCCC2)CC1(F)F. The van der Waals surface area contributed by atoms with Crippen molar-refractivity contribution in [3.63, 3.8) is 0 Å². The first kappa shape index (κ1) is 10.8. The Bertz CT molecular complexity index is 252. The smallest absolute Gasteiger partial charge is 0.377 e. The lowest BCUT2D eigenvalue weighted by molar-refractivity contribution is -0.159. The van der Waals surface area contributed by atoms with E-state index in [1.807, 2.05) is 0 Å². The third-order valence-corrected chi connectivity index (χ3v) is 3.05. The number of nitrogens with one attached hydrogen (secondary N) is 1. The highest BCUT2D eigenvalue weighted by Crippen LogP contribution is 2.30. The summed E-state index contributed by atoms with van der Waals surface area (Å²) < 4.78 is 30.2. The lowest BCUT2D eigenvalue weighted by atomic mass is 10.2. The van der Waals surface area contributed by atoms with Crippen molar-refractivity contribution in [1.29, 1.82) is 0 Å². The summed E-state index contributed by atoms with van der Waals surface area (Å²) in [6.07, 6.45) is 3.43. The number of alkyl halides is 2. The van der Waals surface area contributed by atoms with Crippen LogP contribution in [0.25, 0.3) is 0 Å². The average molecular weight is 219 g/mol. The topological polar surface area (TPSA) is 38.3 Å². The van der Waals surface area contributed by atoms with Crippen molar-refractivity contribution in [2.45, 2.75) is 50.2 Å². The Morgan fingerprint density at radius 3 is 2.60 bits per heavy atom. The third kappa shape index (κ3) is 2.45. The van der Waals surface area contributed by atoms with E-state index in [1.165, 1.54) is 12.8 Å². The fraction of sp³-hybridized carbons (Fsp3) is 0.900. The summed E-state index contributed by atoms with van der Waals surface area (Å²) >= 11 is 0. The first-order valence-corrected chi connectivity index (χ1v) is 5.40. The van der Waals surface area contributed by atoms with Crippen LogP contribution in [0.15, 0.2) is 0 Å². The van der Waals surface area contributed by atoms with Crippen molar-refractivity contribution in [2.75, 3.05) is 6.54 Å². The molecule has 0 bridgehead atoms. The molecule has 2 aliphatic rings. The molecule has 1 unspecified atom stereocenters. The van der Waals surface area contributed by atoms with Gasteiger partial charge in [0.15, 0.2) is 0 Å². The maximum Gasteiger partial charge on any atom is 0.377 e. The molecule has 3 nitrogen and oxygen atoms in total. The van der Waals surface area contributed by atoms with Gasteiger partial charge in [-0.15, -0.1) is 0 Å². The lowest BCUT2D eigenvalue weighted by Gasteiger charge is -2.14. The number of cyclic esters (lactones) is 1. The van der Waals surface area contributed by atoms with E-state index in [0.29, 0.717) is 12.6 Å². The molecule has 15 heavy (non-hydrogen) atoms. The second-order valence-corrected chi connectivity index (χ2v) is 4.33. The van der Waals surface area contributed by atoms with Crippen LogP contribution in [0.3, 0.4) is 0 Å². The van der Waals surface area contributed by atoms with Crippen molar-refractivity contribution >= 4 is 5.97 Å². The Morgan fingerprint density at radius 1 is 1.40 bits per heavy atom. The van der Waals surface area contributed by atoms with Crippen molar-refractivity contribution in [1.82, 2.24) is 5.32 Å². The van der Waals surface area contributed by atoms with E-state index in [2.05, 4.69) is 10.1 Å². The second kappa shape index (κ2) is 4.04. The van der Waals surface area contributed by atoms with Crippen LogP contribution in [0.2, 0.25) is 0 Å². The number of halogens is 2. The summed E-state index contributed by atoms with van der Waals surface area (Å²) in [6.45, 7) is 0.353. The molecule has 1 saturated heterocycles. The number of carbonyl (C=O) groups excluding carboxylic acids is 1. The number of hydrogen-bond acceptors (Lipinski definition) is 3. The maximum absolute atomic E-state index is 12.8. The molecule has 1 saturated carbocycles. The highest BCUT2D eigenvalue weighted by molar-refractivity contribution is 5.79. The van der Waals surface area contributed by atoms with Crippen molar-refractivity contribution in [3.8, 4) is 0 Å². The molecule has 0 aromatic rings. The molecular formula is C10H15F2NO2. The maximum atomic E-state index is 12.8. The molecule has 1 heterocycles. The zero-order valence-corrected chi connectivity index (χ0v) is 8.47. The van der Waals surface area contributed by atoms with Crippen LogP contribution in [0.4, 0.5) is 8.78 Å². The van der Waals surface area contributed by atoms with Gasteiger partial charge in [0, 0.05) is 12.6 Å². The van der Waals surface area contributed by atoms with Crippen molar-refractivity contribution < 1.29 is 18.3 Å². The zero-order chi connectivity index (χ0) is 10.9. The van der Waals surface area contributed by atoms with Crippen LogP contribution >= 0.6 is 0 Å². The van der Waals surface area contributed by atoms with Gasteiger partial charge in [-0.3, -0.25) is 0 Å². The Labute approximate surface area is 87.2 Å². The van der Waals surface area contributed by atoms with Gasteiger partial charge in [0.1, 0.15) is 6.10 Å². The van der Waals surface area contributed by atoms with Gasteiger partial charge in [-0.05, 0) is 12.8 Å². The minimum absolute atomic E-state index is 0.353. The number of hydrogen-bond donors (Lipinski definition) is 1. The van der Waals surface area contributed by atoms with Crippen LogP contribution < -0.4 is 5.32 Å². The Balaban J connectivity index is 1.74. The minimum atomic E-state index is -3.28. The van der Waals surface area contributed by atoms with Gasteiger partial charge in [0.05, 0.1) is 6.42 Å². The van der Waals surface area contributed by atoms with E-state index in [4.69, 9.17) is 0 Å². The van der Waals surface area contributed by atoms with Crippen LogP contribution in [0.1, 0.15) is 32.1 Å². The van der Waals surface area contributed by atoms with Crippen molar-refractivity contribution in [2.24, 2.45) is 0 Å². The van der Waals surface area contributed by atoms with Gasteiger partial charge >= 0.3 is 11.9 Å². The number of esters is 1. The predicted molar refractivity (Wildman–Crippen MR) is 49.7 cm³/mol. The molecule has 2 rings (SSSR count). The van der Waals surface area contributed by atoms with Crippen molar-refractivity contribution in [3.05, 3.63) is 0 Å². The Morgan fingerprint density at radius 2 is 2.07 bits per heavy atom. The zero-order valence-electron chi connectivity index (χ0n) is 8.47. The molecule has 1 aliphatic heterocycles. The number of rotatable bonds is 3. The molecule has 2 fully saturated rings. The van der Waals surface area contributed by atoms with Gasteiger partial charge in [-0.25, -0.2) is 4.79 Å². The molecule has 0 spiro atoms. The molecule has 0 radical (unpaired) electrons. The number of carbonyl (C=O) groups is 1. The normalized spacial score (nSPS) is 30.8.